The van der Waals surface area contributed by atoms with E-state index >= 15 is 0 Å². The Morgan fingerprint density at radius 1 is 1.00 bits per heavy atom. The van der Waals surface area contributed by atoms with Crippen LogP contribution in [0.3, 0.4) is 0 Å². The summed E-state index contributed by atoms with van der Waals surface area (Å²) in [5, 5.41) is 9.46. The third-order valence-corrected chi connectivity index (χ3v) is 7.14. The van der Waals surface area contributed by atoms with Gasteiger partial charge in [-0.3, -0.25) is 0 Å². The van der Waals surface area contributed by atoms with E-state index in [-0.39, 0.29) is 17.7 Å². The quantitative estimate of drug-likeness (QED) is 0.161. The predicted octanol–water partition coefficient (Wildman–Crippen LogP) is 5.83. The van der Waals surface area contributed by atoms with Crippen LogP contribution >= 0.6 is 0 Å². The summed E-state index contributed by atoms with van der Waals surface area (Å²) in [6.07, 6.45) is 14.1. The predicted molar refractivity (Wildman–Crippen MR) is 113 cm³/mol. The summed E-state index contributed by atoms with van der Waals surface area (Å²) in [6, 6.07) is -0.169. The Kier molecular flexibility index (Phi) is 9.37. The Hall–Kier alpha value is -0.990. The lowest BCUT2D eigenvalue weighted by molar-refractivity contribution is -0.799. The molecule has 0 aromatic heterocycles. The van der Waals surface area contributed by atoms with Crippen molar-refractivity contribution in [1.82, 2.24) is 0 Å². The second-order valence-electron chi connectivity index (χ2n) is 9.06. The number of amides is 1. The third kappa shape index (κ3) is 4.94. The van der Waals surface area contributed by atoms with Crippen LogP contribution in [-0.2, 0) is 9.53 Å². The zero-order valence-electron chi connectivity index (χ0n) is 18.6. The van der Waals surface area contributed by atoms with Gasteiger partial charge in [0.15, 0.2) is 0 Å². The van der Waals surface area contributed by atoms with Gasteiger partial charge in [0, 0.05) is 19.4 Å². The van der Waals surface area contributed by atoms with Crippen molar-refractivity contribution in [2.75, 3.05) is 19.7 Å². The number of carbonyl (C=O) groups is 1. The molecule has 1 heterocycles. The fourth-order valence-corrected chi connectivity index (χ4v) is 5.29. The monoisotopic (exact) mass is 393 g/mol. The van der Waals surface area contributed by atoms with Gasteiger partial charge in [0.1, 0.15) is 11.1 Å². The maximum Gasteiger partial charge on any atom is 0.376 e. The molecule has 1 amide bonds. The Labute approximate surface area is 172 Å². The molecule has 0 N–H and O–H groups in total. The van der Waals surface area contributed by atoms with Gasteiger partial charge in [0.2, 0.25) is 10.9 Å². The molecule has 1 spiro atoms. The average Bonchev–Trinajstić information content (AvgIpc) is 3.18. The summed E-state index contributed by atoms with van der Waals surface area (Å²) in [6.45, 7) is 9.30. The standard InChI is InChI=1S/C23H43N3O2/c1-4-7-10-12-16-26(17-13-11-8-5-2)22(27)23(26)15-14-20(25-24)21(19-23)28-18-9-6-3/h20-21H,4-19H2,1-3H3/q+2. The van der Waals surface area contributed by atoms with Crippen molar-refractivity contribution in [1.29, 1.82) is 5.39 Å². The Balaban J connectivity index is 2.07. The van der Waals surface area contributed by atoms with E-state index < -0.39 is 0 Å². The first-order valence-electron chi connectivity index (χ1n) is 12.0. The van der Waals surface area contributed by atoms with E-state index in [2.05, 4.69) is 25.7 Å². The zero-order chi connectivity index (χ0) is 20.5. The van der Waals surface area contributed by atoms with Gasteiger partial charge in [-0.1, -0.05) is 52.9 Å². The summed E-state index contributed by atoms with van der Waals surface area (Å²) in [5.41, 5.74) is -0.253. The normalized spacial score (nSPS) is 28.4. The van der Waals surface area contributed by atoms with Crippen LogP contribution < -0.4 is 0 Å². The van der Waals surface area contributed by atoms with Gasteiger partial charge < -0.3 is 4.74 Å². The van der Waals surface area contributed by atoms with E-state index in [0.29, 0.717) is 17.0 Å². The van der Waals surface area contributed by atoms with Crippen LogP contribution in [0, 0.1) is 5.39 Å². The molecule has 0 radical (unpaired) electrons. The molecule has 160 valence electrons. The Morgan fingerprint density at radius 3 is 2.14 bits per heavy atom. The number of hydrogen-bond donors (Lipinski definition) is 0. The van der Waals surface area contributed by atoms with E-state index in [4.69, 9.17) is 4.74 Å². The lowest BCUT2D eigenvalue weighted by Gasteiger charge is -2.29. The summed E-state index contributed by atoms with van der Waals surface area (Å²) in [5.74, 6) is 0.445. The molecule has 5 nitrogen and oxygen atoms in total. The molecule has 3 atom stereocenters. The number of rotatable bonds is 14. The number of diazo groups is 1. The highest BCUT2D eigenvalue weighted by atomic mass is 16.5. The molecule has 0 bridgehead atoms. The van der Waals surface area contributed by atoms with Crippen molar-refractivity contribution in [3.63, 3.8) is 0 Å². The van der Waals surface area contributed by atoms with Crippen molar-refractivity contribution in [3.8, 4) is 0 Å². The largest absolute Gasteiger partial charge is 0.376 e. The lowest BCUT2D eigenvalue weighted by Crippen LogP contribution is -2.46. The SMILES string of the molecule is CCCCCC[N+]1(CCCCCC)C(=O)C12CCC([N+]#N)C(OCCCC)C2. The number of hydrogen-bond acceptors (Lipinski definition) is 3. The summed E-state index contributed by atoms with van der Waals surface area (Å²) in [4.78, 5) is 16.9. The van der Waals surface area contributed by atoms with Gasteiger partial charge in [0.25, 0.3) is 0 Å². The molecule has 3 unspecified atom stereocenters. The Morgan fingerprint density at radius 2 is 1.61 bits per heavy atom. The zero-order valence-corrected chi connectivity index (χ0v) is 18.6. The van der Waals surface area contributed by atoms with Crippen LogP contribution in [0.4, 0.5) is 0 Å². The molecule has 0 aromatic rings. The molecule has 2 rings (SSSR count). The first-order chi connectivity index (χ1) is 13.6. The van der Waals surface area contributed by atoms with Crippen molar-refractivity contribution in [2.45, 2.75) is 122 Å². The highest BCUT2D eigenvalue weighted by Gasteiger charge is 2.81. The first-order valence-corrected chi connectivity index (χ1v) is 12.0. The van der Waals surface area contributed by atoms with Gasteiger partial charge in [-0.05, 0) is 32.1 Å². The van der Waals surface area contributed by atoms with E-state index in [1.54, 1.807) is 0 Å². The van der Waals surface area contributed by atoms with Gasteiger partial charge in [0.05, 0.1) is 19.5 Å². The lowest BCUT2D eigenvalue weighted by atomic mass is 9.82. The number of quaternary nitrogens is 1. The number of unbranched alkanes of at least 4 members (excludes halogenated alkanes) is 7. The minimum absolute atomic E-state index is 0.111. The van der Waals surface area contributed by atoms with Crippen molar-refractivity contribution >= 4 is 5.91 Å². The molecular weight excluding hydrogens is 350 g/mol. The fraction of sp³-hybridized carbons (Fsp3) is 0.957. The van der Waals surface area contributed by atoms with Crippen LogP contribution in [0.25, 0.3) is 4.98 Å². The maximum atomic E-state index is 13.3. The van der Waals surface area contributed by atoms with Crippen LogP contribution in [0.1, 0.15) is 104 Å². The second-order valence-corrected chi connectivity index (χ2v) is 9.06. The molecule has 1 aliphatic heterocycles. The Bertz CT molecular complexity index is 518. The minimum atomic E-state index is -0.253. The molecule has 1 saturated carbocycles. The van der Waals surface area contributed by atoms with E-state index in [9.17, 15) is 10.2 Å². The number of carbonyl (C=O) groups excluding carboxylic acids is 1. The highest BCUT2D eigenvalue weighted by Crippen LogP contribution is 2.55. The highest BCUT2D eigenvalue weighted by molar-refractivity contribution is 5.92. The van der Waals surface area contributed by atoms with Gasteiger partial charge in [-0.25, -0.2) is 9.28 Å². The first kappa shape index (κ1) is 23.3. The smallest absolute Gasteiger partial charge is 0.369 e. The molecule has 1 aliphatic carbocycles. The second kappa shape index (κ2) is 11.3. The van der Waals surface area contributed by atoms with E-state index in [1.165, 1.54) is 38.5 Å². The molecule has 2 aliphatic rings. The average molecular weight is 394 g/mol. The summed E-state index contributed by atoms with van der Waals surface area (Å²) >= 11 is 0. The van der Waals surface area contributed by atoms with E-state index in [0.717, 1.165) is 58.0 Å². The minimum Gasteiger partial charge on any atom is -0.369 e. The fourth-order valence-electron chi connectivity index (χ4n) is 5.29. The molecule has 28 heavy (non-hydrogen) atoms. The van der Waals surface area contributed by atoms with Crippen LogP contribution in [0.5, 0.6) is 0 Å². The summed E-state index contributed by atoms with van der Waals surface area (Å²) < 4.78 is 6.80. The van der Waals surface area contributed by atoms with E-state index in [1.807, 2.05) is 0 Å². The molecule has 5 heteroatoms. The van der Waals surface area contributed by atoms with Gasteiger partial charge >= 0.3 is 11.9 Å². The molecular formula is C23H43N3O2+2. The number of nitrogens with zero attached hydrogens (tertiary/aromatic N) is 3. The maximum absolute atomic E-state index is 13.3. The van der Waals surface area contributed by atoms with Crippen LogP contribution in [-0.4, -0.2) is 47.8 Å². The molecule has 2 fully saturated rings. The third-order valence-electron chi connectivity index (χ3n) is 7.14. The number of ether oxygens (including phenoxy) is 1. The molecule has 1 saturated heterocycles. The summed E-state index contributed by atoms with van der Waals surface area (Å²) in [7, 11) is 0. The van der Waals surface area contributed by atoms with Gasteiger partial charge in [-0.2, -0.15) is 0 Å². The molecule has 0 aromatic carbocycles. The van der Waals surface area contributed by atoms with Crippen molar-refractivity contribution < 1.29 is 14.0 Å². The van der Waals surface area contributed by atoms with Crippen molar-refractivity contribution in [3.05, 3.63) is 4.98 Å². The van der Waals surface area contributed by atoms with Crippen LogP contribution in [0.15, 0.2) is 0 Å². The van der Waals surface area contributed by atoms with Crippen molar-refractivity contribution in [2.24, 2.45) is 0 Å². The van der Waals surface area contributed by atoms with Gasteiger partial charge in [-0.15, -0.1) is 0 Å². The topological polar surface area (TPSA) is 54.5 Å². The van der Waals surface area contributed by atoms with Crippen LogP contribution in [0.2, 0.25) is 0 Å².